The van der Waals surface area contributed by atoms with Crippen molar-refractivity contribution in [2.75, 3.05) is 13.1 Å². The Morgan fingerprint density at radius 1 is 1.00 bits per heavy atom. The first-order chi connectivity index (χ1) is 12.6. The van der Waals surface area contributed by atoms with E-state index in [9.17, 15) is 13.2 Å². The fourth-order valence-corrected chi connectivity index (χ4v) is 5.04. The minimum atomic E-state index is -3.53. The summed E-state index contributed by atoms with van der Waals surface area (Å²) < 4.78 is 27.0. The van der Waals surface area contributed by atoms with Gasteiger partial charge < -0.3 is 5.43 Å². The molecule has 0 unspecified atom stereocenters. The van der Waals surface area contributed by atoms with Crippen molar-refractivity contribution >= 4 is 15.9 Å². The normalized spacial score (nSPS) is 19.0. The molecule has 1 aromatic rings. The standard InChI is InChI=1S/C19H27N3O3S/c23-19(21-20-15-16-8-3-1-4-9-16)17-10-7-11-18(14-17)26(24,25)22-12-5-2-6-13-22/h7,10-11,14-15,20H,1-6,8-9,12-13H2,(H,21,23). The van der Waals surface area contributed by atoms with Crippen LogP contribution in [0.5, 0.6) is 0 Å². The number of amides is 1. The zero-order valence-corrected chi connectivity index (χ0v) is 15.9. The van der Waals surface area contributed by atoms with Crippen LogP contribution in [0.15, 0.2) is 40.9 Å². The highest BCUT2D eigenvalue weighted by atomic mass is 32.2. The summed E-state index contributed by atoms with van der Waals surface area (Å²) in [6.45, 7) is 1.10. The molecule has 1 aliphatic heterocycles. The van der Waals surface area contributed by atoms with Crippen LogP contribution in [-0.2, 0) is 10.0 Å². The minimum Gasteiger partial charge on any atom is -0.306 e. The van der Waals surface area contributed by atoms with Gasteiger partial charge in [-0.1, -0.05) is 24.5 Å². The molecule has 0 bridgehead atoms. The van der Waals surface area contributed by atoms with E-state index in [1.807, 2.05) is 6.20 Å². The minimum absolute atomic E-state index is 0.178. The van der Waals surface area contributed by atoms with Crippen LogP contribution in [0.25, 0.3) is 0 Å². The number of carbonyl (C=O) groups is 1. The molecular formula is C19H27N3O3S. The third-order valence-corrected chi connectivity index (χ3v) is 6.90. The molecule has 2 N–H and O–H groups in total. The number of nitrogens with zero attached hydrogens (tertiary/aromatic N) is 1. The van der Waals surface area contributed by atoms with Gasteiger partial charge in [-0.15, -0.1) is 0 Å². The molecule has 1 saturated carbocycles. The molecule has 3 rings (SSSR count). The van der Waals surface area contributed by atoms with E-state index in [1.54, 1.807) is 18.2 Å². The molecule has 2 fully saturated rings. The summed E-state index contributed by atoms with van der Waals surface area (Å²) in [5.41, 5.74) is 7.12. The maximum absolute atomic E-state index is 12.8. The Balaban J connectivity index is 1.65. The Morgan fingerprint density at radius 3 is 2.42 bits per heavy atom. The molecule has 1 aromatic carbocycles. The molecule has 142 valence electrons. The average molecular weight is 378 g/mol. The monoisotopic (exact) mass is 377 g/mol. The lowest BCUT2D eigenvalue weighted by Gasteiger charge is -2.26. The molecular weight excluding hydrogens is 350 g/mol. The van der Waals surface area contributed by atoms with Gasteiger partial charge in [-0.25, -0.2) is 8.42 Å². The van der Waals surface area contributed by atoms with Crippen LogP contribution in [0.4, 0.5) is 0 Å². The first-order valence-corrected chi connectivity index (χ1v) is 10.9. The van der Waals surface area contributed by atoms with Crippen molar-refractivity contribution in [3.8, 4) is 0 Å². The van der Waals surface area contributed by atoms with Crippen molar-refractivity contribution in [2.24, 2.45) is 0 Å². The highest BCUT2D eigenvalue weighted by Gasteiger charge is 2.26. The van der Waals surface area contributed by atoms with Gasteiger partial charge in [-0.05, 0) is 56.7 Å². The van der Waals surface area contributed by atoms with Crippen LogP contribution in [-0.4, -0.2) is 31.7 Å². The largest absolute Gasteiger partial charge is 0.306 e. The summed E-state index contributed by atoms with van der Waals surface area (Å²) >= 11 is 0. The zero-order valence-electron chi connectivity index (χ0n) is 15.0. The Labute approximate surface area is 155 Å². The van der Waals surface area contributed by atoms with E-state index in [4.69, 9.17) is 0 Å². The second kappa shape index (κ2) is 8.68. The van der Waals surface area contributed by atoms with E-state index in [-0.39, 0.29) is 10.8 Å². The molecule has 1 heterocycles. The Morgan fingerprint density at radius 2 is 1.69 bits per heavy atom. The van der Waals surface area contributed by atoms with Gasteiger partial charge in [-0.3, -0.25) is 10.2 Å². The SMILES string of the molecule is O=C(NNC=C1CCCCC1)c1cccc(S(=O)(=O)N2CCCCC2)c1. The van der Waals surface area contributed by atoms with Crippen molar-refractivity contribution in [3.05, 3.63) is 41.6 Å². The highest BCUT2D eigenvalue weighted by Crippen LogP contribution is 2.22. The predicted molar refractivity (Wildman–Crippen MR) is 101 cm³/mol. The van der Waals surface area contributed by atoms with E-state index in [0.717, 1.165) is 32.1 Å². The summed E-state index contributed by atoms with van der Waals surface area (Å²) in [5.74, 6) is -0.339. The van der Waals surface area contributed by atoms with E-state index in [0.29, 0.717) is 18.7 Å². The molecule has 0 spiro atoms. The Kier molecular flexibility index (Phi) is 6.32. The molecule has 0 aromatic heterocycles. The number of rotatable bonds is 5. The van der Waals surface area contributed by atoms with Crippen LogP contribution in [0.2, 0.25) is 0 Å². The number of carbonyl (C=O) groups excluding carboxylic acids is 1. The van der Waals surface area contributed by atoms with Crippen LogP contribution < -0.4 is 10.9 Å². The number of nitrogens with one attached hydrogen (secondary N) is 2. The van der Waals surface area contributed by atoms with Crippen molar-refractivity contribution in [1.82, 2.24) is 15.2 Å². The van der Waals surface area contributed by atoms with E-state index >= 15 is 0 Å². The number of allylic oxidation sites excluding steroid dienone is 1. The smallest absolute Gasteiger partial charge is 0.269 e. The number of hydrogen-bond donors (Lipinski definition) is 2. The summed E-state index contributed by atoms with van der Waals surface area (Å²) in [4.78, 5) is 12.5. The fraction of sp³-hybridized carbons (Fsp3) is 0.526. The van der Waals surface area contributed by atoms with Crippen molar-refractivity contribution in [2.45, 2.75) is 56.3 Å². The van der Waals surface area contributed by atoms with Crippen LogP contribution in [0, 0.1) is 0 Å². The third kappa shape index (κ3) is 4.65. The van der Waals surface area contributed by atoms with Gasteiger partial charge in [0.05, 0.1) is 4.90 Å². The fourth-order valence-electron chi connectivity index (χ4n) is 3.48. The third-order valence-electron chi connectivity index (χ3n) is 5.01. The molecule has 2 aliphatic rings. The zero-order chi connectivity index (χ0) is 18.4. The molecule has 1 saturated heterocycles. The molecule has 1 amide bonds. The first kappa shape index (κ1) is 18.9. The number of hydrogen-bond acceptors (Lipinski definition) is 4. The Hall–Kier alpha value is -1.86. The first-order valence-electron chi connectivity index (χ1n) is 9.41. The van der Waals surface area contributed by atoms with Crippen molar-refractivity contribution < 1.29 is 13.2 Å². The summed E-state index contributed by atoms with van der Waals surface area (Å²) in [7, 11) is -3.53. The van der Waals surface area contributed by atoms with Gasteiger partial charge >= 0.3 is 0 Å². The summed E-state index contributed by atoms with van der Waals surface area (Å²) in [5, 5.41) is 0. The van der Waals surface area contributed by atoms with Gasteiger partial charge in [0.2, 0.25) is 10.0 Å². The predicted octanol–water partition coefficient (Wildman–Crippen LogP) is 2.94. The van der Waals surface area contributed by atoms with Crippen LogP contribution in [0.3, 0.4) is 0 Å². The number of sulfonamides is 1. The van der Waals surface area contributed by atoms with Gasteiger partial charge in [0.25, 0.3) is 5.91 Å². The topological polar surface area (TPSA) is 78.5 Å². The van der Waals surface area contributed by atoms with Gasteiger partial charge in [-0.2, -0.15) is 4.31 Å². The quantitative estimate of drug-likeness (QED) is 0.774. The van der Waals surface area contributed by atoms with Gasteiger partial charge in [0.15, 0.2) is 0 Å². The molecule has 6 nitrogen and oxygen atoms in total. The highest BCUT2D eigenvalue weighted by molar-refractivity contribution is 7.89. The van der Waals surface area contributed by atoms with E-state index < -0.39 is 10.0 Å². The molecule has 7 heteroatoms. The van der Waals surface area contributed by atoms with Gasteiger partial charge in [0, 0.05) is 24.9 Å². The maximum atomic E-state index is 12.8. The van der Waals surface area contributed by atoms with Gasteiger partial charge in [0.1, 0.15) is 0 Å². The summed E-state index contributed by atoms with van der Waals surface area (Å²) in [6, 6.07) is 6.25. The van der Waals surface area contributed by atoms with E-state index in [2.05, 4.69) is 10.9 Å². The number of hydrazine groups is 1. The molecule has 0 atom stereocenters. The van der Waals surface area contributed by atoms with Crippen molar-refractivity contribution in [3.63, 3.8) is 0 Å². The second-order valence-electron chi connectivity index (χ2n) is 6.95. The molecule has 0 radical (unpaired) electrons. The molecule has 26 heavy (non-hydrogen) atoms. The lowest BCUT2D eigenvalue weighted by Crippen LogP contribution is -2.36. The van der Waals surface area contributed by atoms with Crippen LogP contribution in [0.1, 0.15) is 61.7 Å². The lowest BCUT2D eigenvalue weighted by molar-refractivity contribution is 0.0940. The summed E-state index contributed by atoms with van der Waals surface area (Å²) in [6.07, 6.45) is 10.5. The Bertz CT molecular complexity index is 760. The van der Waals surface area contributed by atoms with Crippen molar-refractivity contribution in [1.29, 1.82) is 0 Å². The van der Waals surface area contributed by atoms with E-state index in [1.165, 1.54) is 35.2 Å². The number of benzene rings is 1. The maximum Gasteiger partial charge on any atom is 0.269 e. The average Bonchev–Trinajstić information content (AvgIpc) is 2.69. The molecule has 1 aliphatic carbocycles. The van der Waals surface area contributed by atoms with Crippen LogP contribution >= 0.6 is 0 Å². The lowest BCUT2D eigenvalue weighted by atomic mass is 9.96. The second-order valence-corrected chi connectivity index (χ2v) is 8.89. The number of piperidine rings is 1.